The molecule has 4 rings (SSSR count). The number of amides is 2. The number of ether oxygens (including phenoxy) is 1. The summed E-state index contributed by atoms with van der Waals surface area (Å²) in [5.41, 5.74) is 3.49. The van der Waals surface area contributed by atoms with Gasteiger partial charge in [-0.15, -0.1) is 0 Å². The average molecular weight is 526 g/mol. The summed E-state index contributed by atoms with van der Waals surface area (Å²) in [5.74, 6) is 0.890. The summed E-state index contributed by atoms with van der Waals surface area (Å²) in [4.78, 5) is 19.7. The van der Waals surface area contributed by atoms with Crippen LogP contribution in [0.5, 0.6) is 0 Å². The molecular weight excluding hydrogens is 490 g/mol. The van der Waals surface area contributed by atoms with E-state index in [4.69, 9.17) is 9.84 Å². The van der Waals surface area contributed by atoms with Gasteiger partial charge in [0.1, 0.15) is 5.82 Å². The minimum Gasteiger partial charge on any atom is -0.383 e. The first kappa shape index (κ1) is 26.8. The highest BCUT2D eigenvalue weighted by Gasteiger charge is 2.31. The van der Waals surface area contributed by atoms with Gasteiger partial charge in [0.2, 0.25) is 0 Å². The summed E-state index contributed by atoms with van der Waals surface area (Å²) in [7, 11) is -0.644. The van der Waals surface area contributed by atoms with E-state index in [9.17, 15) is 9.00 Å². The van der Waals surface area contributed by atoms with Crippen LogP contribution in [0, 0.1) is 12.8 Å². The van der Waals surface area contributed by atoms with Crippen LogP contribution < -0.4 is 10.6 Å². The second-order valence-electron chi connectivity index (χ2n) is 9.71. The van der Waals surface area contributed by atoms with Gasteiger partial charge in [-0.1, -0.05) is 25.1 Å². The van der Waals surface area contributed by atoms with Gasteiger partial charge >= 0.3 is 6.03 Å². The minimum absolute atomic E-state index is 0.0326. The number of methoxy groups -OCH3 is 1. The van der Waals surface area contributed by atoms with Gasteiger partial charge in [-0.2, -0.15) is 9.46 Å². The van der Waals surface area contributed by atoms with Crippen molar-refractivity contribution in [2.45, 2.75) is 19.9 Å². The van der Waals surface area contributed by atoms with Gasteiger partial charge in [0.15, 0.2) is 0 Å². The molecule has 10 nitrogen and oxygen atoms in total. The molecule has 2 N–H and O–H groups in total. The van der Waals surface area contributed by atoms with Gasteiger partial charge in [0, 0.05) is 72.4 Å². The van der Waals surface area contributed by atoms with Crippen LogP contribution in [0.3, 0.4) is 0 Å². The zero-order chi connectivity index (χ0) is 26.6. The predicted molar refractivity (Wildman–Crippen MR) is 147 cm³/mol. The number of rotatable bonds is 8. The number of benzene rings is 1. The normalized spacial score (nSPS) is 18.1. The Morgan fingerprint density at radius 2 is 1.97 bits per heavy atom. The molecule has 2 amide bonds. The number of aromatic nitrogens is 3. The summed E-state index contributed by atoms with van der Waals surface area (Å²) in [5, 5.41) is 11.0. The van der Waals surface area contributed by atoms with Crippen LogP contribution >= 0.6 is 0 Å². The SMILES string of the molecule is COCCN1C[C@@H](C)[C@H](NC(=O)Nc2c(C)c(-c3cncc(N=S(C)(C)=O)c3)nn2-c2ccccc2)C1. The monoisotopic (exact) mass is 525 g/mol. The van der Waals surface area contributed by atoms with Gasteiger partial charge in [0.25, 0.3) is 0 Å². The molecule has 198 valence electrons. The minimum atomic E-state index is -2.34. The molecular formula is C26H35N7O3S. The third-order valence-corrected chi connectivity index (χ3v) is 6.94. The van der Waals surface area contributed by atoms with Crippen LogP contribution in [0.1, 0.15) is 12.5 Å². The third kappa shape index (κ3) is 6.73. The zero-order valence-corrected chi connectivity index (χ0v) is 22.8. The fourth-order valence-corrected chi connectivity index (χ4v) is 5.11. The fraction of sp³-hybridized carbons (Fsp3) is 0.423. The first-order chi connectivity index (χ1) is 17.6. The van der Waals surface area contributed by atoms with Crippen LogP contribution in [-0.2, 0) is 14.5 Å². The molecule has 1 saturated heterocycles. The van der Waals surface area contributed by atoms with E-state index in [1.54, 1.807) is 36.7 Å². The van der Waals surface area contributed by atoms with Crippen molar-refractivity contribution in [3.05, 3.63) is 54.4 Å². The standard InChI is InChI=1S/C26H35N7O3S/c1-18-16-32(11-12-36-3)17-23(18)28-26(34)29-25-19(2)24(30-33(25)22-9-7-6-8-10-22)20-13-21(15-27-14-20)31-37(4,5)35/h6-10,13-15,18,23H,11-12,16-17H2,1-5H3,(H2,28,29,34)/t18-,23-/m1/s1. The molecule has 3 heterocycles. The molecule has 3 aromatic rings. The number of hydrogen-bond donors (Lipinski definition) is 2. The number of pyridine rings is 1. The summed E-state index contributed by atoms with van der Waals surface area (Å²) >= 11 is 0. The molecule has 0 bridgehead atoms. The summed E-state index contributed by atoms with van der Waals surface area (Å²) in [6, 6.07) is 11.2. The number of carbonyl (C=O) groups excluding carboxylic acids is 1. The highest BCUT2D eigenvalue weighted by molar-refractivity contribution is 7.92. The van der Waals surface area contributed by atoms with E-state index in [0.717, 1.165) is 36.4 Å². The second-order valence-corrected chi connectivity index (χ2v) is 12.3. The van der Waals surface area contributed by atoms with Crippen molar-refractivity contribution in [3.63, 3.8) is 0 Å². The van der Waals surface area contributed by atoms with Crippen molar-refractivity contribution in [3.8, 4) is 16.9 Å². The zero-order valence-electron chi connectivity index (χ0n) is 22.0. The van der Waals surface area contributed by atoms with E-state index >= 15 is 0 Å². The Hall–Kier alpha value is -3.28. The molecule has 0 radical (unpaired) electrons. The van der Waals surface area contributed by atoms with E-state index < -0.39 is 9.73 Å². The highest BCUT2D eigenvalue weighted by atomic mass is 32.2. The lowest BCUT2D eigenvalue weighted by atomic mass is 10.1. The molecule has 37 heavy (non-hydrogen) atoms. The van der Waals surface area contributed by atoms with Crippen molar-refractivity contribution in [2.75, 3.05) is 51.2 Å². The number of likely N-dealkylation sites (tertiary alicyclic amines) is 1. The number of carbonyl (C=O) groups is 1. The lowest BCUT2D eigenvalue weighted by molar-refractivity contribution is 0.158. The maximum Gasteiger partial charge on any atom is 0.320 e. The lowest BCUT2D eigenvalue weighted by Crippen LogP contribution is -2.42. The first-order valence-corrected chi connectivity index (χ1v) is 14.5. The number of anilines is 1. The highest BCUT2D eigenvalue weighted by Crippen LogP contribution is 2.32. The molecule has 1 aliphatic rings. The Morgan fingerprint density at radius 1 is 1.22 bits per heavy atom. The third-order valence-electron chi connectivity index (χ3n) is 6.29. The molecule has 1 aromatic carbocycles. The van der Waals surface area contributed by atoms with Crippen LogP contribution in [0.25, 0.3) is 16.9 Å². The molecule has 11 heteroatoms. The summed E-state index contributed by atoms with van der Waals surface area (Å²) < 4.78 is 23.4. The maximum atomic E-state index is 13.2. The molecule has 2 aromatic heterocycles. The predicted octanol–water partition coefficient (Wildman–Crippen LogP) is 3.69. The van der Waals surface area contributed by atoms with Gasteiger partial charge < -0.3 is 10.1 Å². The van der Waals surface area contributed by atoms with Gasteiger partial charge in [-0.3, -0.25) is 15.2 Å². The van der Waals surface area contributed by atoms with Crippen LogP contribution in [0.2, 0.25) is 0 Å². The second kappa shape index (κ2) is 11.4. The topological polar surface area (TPSA) is 114 Å². The average Bonchev–Trinajstić information content (AvgIpc) is 3.36. The molecule has 0 saturated carbocycles. The van der Waals surface area contributed by atoms with Crippen molar-refractivity contribution in [1.29, 1.82) is 0 Å². The first-order valence-electron chi connectivity index (χ1n) is 12.2. The van der Waals surface area contributed by atoms with E-state index in [-0.39, 0.29) is 12.1 Å². The number of nitrogens with zero attached hydrogens (tertiary/aromatic N) is 5. The van der Waals surface area contributed by atoms with E-state index in [2.05, 4.69) is 31.8 Å². The van der Waals surface area contributed by atoms with E-state index in [1.165, 1.54) is 0 Å². The van der Waals surface area contributed by atoms with E-state index in [1.807, 2.05) is 43.3 Å². The van der Waals surface area contributed by atoms with Gasteiger partial charge in [-0.25, -0.2) is 13.7 Å². The van der Waals surface area contributed by atoms with Gasteiger partial charge in [-0.05, 0) is 31.0 Å². The van der Waals surface area contributed by atoms with Crippen LogP contribution in [0.4, 0.5) is 16.3 Å². The summed E-state index contributed by atoms with van der Waals surface area (Å²) in [6.45, 7) is 7.25. The molecule has 0 aliphatic carbocycles. The quantitative estimate of drug-likeness (QED) is 0.464. The Bertz CT molecular complexity index is 1360. The molecule has 0 unspecified atom stereocenters. The molecule has 1 aliphatic heterocycles. The maximum absolute atomic E-state index is 13.2. The number of para-hydroxylation sites is 1. The summed E-state index contributed by atoms with van der Waals surface area (Å²) in [6.07, 6.45) is 6.43. The molecule has 0 spiro atoms. The van der Waals surface area contributed by atoms with Crippen LogP contribution in [-0.4, -0.2) is 81.8 Å². The fourth-order valence-electron chi connectivity index (χ4n) is 4.50. The largest absolute Gasteiger partial charge is 0.383 e. The Kier molecular flexibility index (Phi) is 8.25. The van der Waals surface area contributed by atoms with Crippen molar-refractivity contribution < 1.29 is 13.7 Å². The number of urea groups is 1. The van der Waals surface area contributed by atoms with Crippen molar-refractivity contribution in [2.24, 2.45) is 10.3 Å². The van der Waals surface area contributed by atoms with E-state index in [0.29, 0.717) is 29.7 Å². The van der Waals surface area contributed by atoms with Crippen molar-refractivity contribution in [1.82, 2.24) is 25.0 Å². The Morgan fingerprint density at radius 3 is 2.68 bits per heavy atom. The van der Waals surface area contributed by atoms with Crippen LogP contribution in [0.15, 0.2) is 53.2 Å². The van der Waals surface area contributed by atoms with Gasteiger partial charge in [0.05, 0.1) is 29.9 Å². The lowest BCUT2D eigenvalue weighted by Gasteiger charge is -2.18. The Balaban J connectivity index is 1.63. The Labute approximate surface area is 218 Å². The molecule has 1 fully saturated rings. The smallest absolute Gasteiger partial charge is 0.320 e. The molecule has 2 atom stereocenters. The number of nitrogens with one attached hydrogen (secondary N) is 2. The number of hydrogen-bond acceptors (Lipinski definition) is 7. The van der Waals surface area contributed by atoms with Crippen molar-refractivity contribution >= 4 is 27.3 Å².